The minimum absolute atomic E-state index is 0.0475. The minimum atomic E-state index is -0.483. The number of aryl methyl sites for hydroxylation is 2. The van der Waals surface area contributed by atoms with Crippen LogP contribution in [-0.2, 0) is 4.79 Å². The van der Waals surface area contributed by atoms with E-state index in [1.165, 1.54) is 0 Å². The molecule has 5 nitrogen and oxygen atoms in total. The SMILES string of the molecule is CNC(=O)CCC(C)(C)NC(=O)c1cc(C)c(O)c(C)c1. The van der Waals surface area contributed by atoms with Crippen molar-refractivity contribution in [2.24, 2.45) is 0 Å². The van der Waals surface area contributed by atoms with Crippen molar-refractivity contribution in [1.82, 2.24) is 10.6 Å². The Hall–Kier alpha value is -2.04. The molecule has 3 N–H and O–H groups in total. The Morgan fingerprint density at radius 3 is 2.19 bits per heavy atom. The van der Waals surface area contributed by atoms with Crippen molar-refractivity contribution in [3.63, 3.8) is 0 Å². The number of amides is 2. The predicted molar refractivity (Wildman–Crippen MR) is 82.4 cm³/mol. The maximum absolute atomic E-state index is 12.3. The highest BCUT2D eigenvalue weighted by atomic mass is 16.3. The fourth-order valence-corrected chi connectivity index (χ4v) is 2.08. The van der Waals surface area contributed by atoms with Gasteiger partial charge in [-0.1, -0.05) is 0 Å². The normalized spacial score (nSPS) is 11.1. The van der Waals surface area contributed by atoms with E-state index < -0.39 is 5.54 Å². The van der Waals surface area contributed by atoms with Crippen molar-refractivity contribution in [3.8, 4) is 5.75 Å². The number of aromatic hydroxyl groups is 1. The van der Waals surface area contributed by atoms with Crippen LogP contribution < -0.4 is 10.6 Å². The van der Waals surface area contributed by atoms with Crippen LogP contribution in [0, 0.1) is 13.8 Å². The Bertz CT molecular complexity index is 527. The highest BCUT2D eigenvalue weighted by Gasteiger charge is 2.22. The molecule has 0 unspecified atom stereocenters. The Morgan fingerprint density at radius 2 is 1.71 bits per heavy atom. The lowest BCUT2D eigenvalue weighted by molar-refractivity contribution is -0.121. The third-order valence-electron chi connectivity index (χ3n) is 3.46. The Morgan fingerprint density at radius 1 is 1.19 bits per heavy atom. The molecule has 1 rings (SSSR count). The average Bonchev–Trinajstić information content (AvgIpc) is 2.41. The van der Waals surface area contributed by atoms with E-state index in [1.54, 1.807) is 33.0 Å². The molecule has 0 heterocycles. The molecule has 0 spiro atoms. The zero-order valence-electron chi connectivity index (χ0n) is 13.3. The summed E-state index contributed by atoms with van der Waals surface area (Å²) in [7, 11) is 1.59. The zero-order chi connectivity index (χ0) is 16.2. The number of phenolic OH excluding ortho intramolecular Hbond substituents is 1. The van der Waals surface area contributed by atoms with E-state index in [1.807, 2.05) is 13.8 Å². The second kappa shape index (κ2) is 6.61. The molecular formula is C16H24N2O3. The number of nitrogens with one attached hydrogen (secondary N) is 2. The van der Waals surface area contributed by atoms with Gasteiger partial charge in [0.15, 0.2) is 0 Å². The summed E-state index contributed by atoms with van der Waals surface area (Å²) in [5, 5.41) is 15.2. The Balaban J connectivity index is 2.78. The molecule has 5 heteroatoms. The van der Waals surface area contributed by atoms with Gasteiger partial charge in [-0.2, -0.15) is 0 Å². The van der Waals surface area contributed by atoms with Crippen molar-refractivity contribution in [3.05, 3.63) is 28.8 Å². The van der Waals surface area contributed by atoms with Crippen molar-refractivity contribution in [2.75, 3.05) is 7.05 Å². The monoisotopic (exact) mass is 292 g/mol. The number of rotatable bonds is 5. The molecule has 1 aromatic carbocycles. The summed E-state index contributed by atoms with van der Waals surface area (Å²) in [6, 6.07) is 3.32. The maximum Gasteiger partial charge on any atom is 0.251 e. The first kappa shape index (κ1) is 17.0. The molecule has 0 aliphatic carbocycles. The van der Waals surface area contributed by atoms with E-state index in [-0.39, 0.29) is 17.6 Å². The fourth-order valence-electron chi connectivity index (χ4n) is 2.08. The maximum atomic E-state index is 12.3. The first-order valence-electron chi connectivity index (χ1n) is 6.99. The van der Waals surface area contributed by atoms with Crippen LogP contribution in [-0.4, -0.2) is 29.5 Å². The molecule has 2 amide bonds. The standard InChI is InChI=1S/C16H24N2O3/c1-10-8-12(9-11(2)14(10)20)15(21)18-16(3,4)7-6-13(19)17-5/h8-9,20H,6-7H2,1-5H3,(H,17,19)(H,18,21). The topological polar surface area (TPSA) is 78.4 Å². The summed E-state index contributed by atoms with van der Waals surface area (Å²) in [5.41, 5.74) is 1.37. The van der Waals surface area contributed by atoms with E-state index >= 15 is 0 Å². The van der Waals surface area contributed by atoms with Crippen LogP contribution in [0.5, 0.6) is 5.75 Å². The number of benzene rings is 1. The summed E-state index contributed by atoms with van der Waals surface area (Å²) < 4.78 is 0. The molecule has 0 aliphatic heterocycles. The fraction of sp³-hybridized carbons (Fsp3) is 0.500. The average molecular weight is 292 g/mol. The molecule has 0 aromatic heterocycles. The van der Waals surface area contributed by atoms with Crippen LogP contribution in [0.4, 0.5) is 0 Å². The van der Waals surface area contributed by atoms with Gasteiger partial charge in [-0.05, 0) is 57.4 Å². The number of carbonyl (C=O) groups is 2. The molecule has 0 bridgehead atoms. The quantitative estimate of drug-likeness (QED) is 0.777. The molecule has 0 aliphatic rings. The summed E-state index contributed by atoms with van der Waals surface area (Å²) in [6.07, 6.45) is 0.909. The lowest BCUT2D eigenvalue weighted by Crippen LogP contribution is -2.44. The van der Waals surface area contributed by atoms with Gasteiger partial charge < -0.3 is 15.7 Å². The number of hydrogen-bond acceptors (Lipinski definition) is 3. The summed E-state index contributed by atoms with van der Waals surface area (Å²) >= 11 is 0. The van der Waals surface area contributed by atoms with Crippen LogP contribution in [0.15, 0.2) is 12.1 Å². The lowest BCUT2D eigenvalue weighted by Gasteiger charge is -2.26. The molecule has 0 saturated heterocycles. The van der Waals surface area contributed by atoms with Gasteiger partial charge in [0.1, 0.15) is 5.75 Å². The summed E-state index contributed by atoms with van der Waals surface area (Å²) in [6.45, 7) is 7.29. The first-order chi connectivity index (χ1) is 9.66. The van der Waals surface area contributed by atoms with Gasteiger partial charge in [0.05, 0.1) is 0 Å². The summed E-state index contributed by atoms with van der Waals surface area (Å²) in [4.78, 5) is 23.6. The van der Waals surface area contributed by atoms with E-state index in [0.717, 1.165) is 0 Å². The lowest BCUT2D eigenvalue weighted by atomic mass is 9.97. The number of carbonyl (C=O) groups excluding carboxylic acids is 2. The molecule has 0 atom stereocenters. The number of phenols is 1. The molecular weight excluding hydrogens is 268 g/mol. The third-order valence-corrected chi connectivity index (χ3v) is 3.46. The first-order valence-corrected chi connectivity index (χ1v) is 6.99. The molecule has 0 radical (unpaired) electrons. The van der Waals surface area contributed by atoms with Gasteiger partial charge in [0.2, 0.25) is 5.91 Å². The highest BCUT2D eigenvalue weighted by molar-refractivity contribution is 5.95. The van der Waals surface area contributed by atoms with Crippen LogP contribution in [0.1, 0.15) is 48.2 Å². The van der Waals surface area contributed by atoms with Crippen molar-refractivity contribution in [1.29, 1.82) is 0 Å². The second-order valence-corrected chi connectivity index (χ2v) is 5.97. The van der Waals surface area contributed by atoms with Gasteiger partial charge in [0.25, 0.3) is 5.91 Å². The molecule has 1 aromatic rings. The second-order valence-electron chi connectivity index (χ2n) is 5.97. The highest BCUT2D eigenvalue weighted by Crippen LogP contribution is 2.23. The number of hydrogen-bond donors (Lipinski definition) is 3. The van der Waals surface area contributed by atoms with E-state index in [4.69, 9.17) is 0 Å². The smallest absolute Gasteiger partial charge is 0.251 e. The zero-order valence-corrected chi connectivity index (χ0v) is 13.3. The van der Waals surface area contributed by atoms with Gasteiger partial charge >= 0.3 is 0 Å². The largest absolute Gasteiger partial charge is 0.507 e. The van der Waals surface area contributed by atoms with Crippen molar-refractivity contribution < 1.29 is 14.7 Å². The van der Waals surface area contributed by atoms with E-state index in [0.29, 0.717) is 29.5 Å². The Kier molecular flexibility index (Phi) is 5.35. The van der Waals surface area contributed by atoms with Gasteiger partial charge in [-0.3, -0.25) is 9.59 Å². The minimum Gasteiger partial charge on any atom is -0.507 e. The van der Waals surface area contributed by atoms with Crippen LogP contribution in [0.3, 0.4) is 0 Å². The van der Waals surface area contributed by atoms with Gasteiger partial charge in [-0.15, -0.1) is 0 Å². The Labute approximate surface area is 125 Å². The third kappa shape index (κ3) is 4.77. The van der Waals surface area contributed by atoms with Crippen molar-refractivity contribution in [2.45, 2.75) is 46.1 Å². The van der Waals surface area contributed by atoms with Crippen LogP contribution in [0.2, 0.25) is 0 Å². The van der Waals surface area contributed by atoms with Gasteiger partial charge in [0, 0.05) is 24.6 Å². The van der Waals surface area contributed by atoms with E-state index in [9.17, 15) is 14.7 Å². The molecule has 21 heavy (non-hydrogen) atoms. The van der Waals surface area contributed by atoms with E-state index in [2.05, 4.69) is 10.6 Å². The van der Waals surface area contributed by atoms with Gasteiger partial charge in [-0.25, -0.2) is 0 Å². The molecule has 0 saturated carbocycles. The van der Waals surface area contributed by atoms with Crippen LogP contribution >= 0.6 is 0 Å². The molecule has 0 fully saturated rings. The summed E-state index contributed by atoms with van der Waals surface area (Å²) in [5.74, 6) is -0.0396. The van der Waals surface area contributed by atoms with Crippen molar-refractivity contribution >= 4 is 11.8 Å². The predicted octanol–water partition coefficient (Wildman–Crippen LogP) is 2.04. The molecule has 116 valence electrons. The van der Waals surface area contributed by atoms with Crippen LogP contribution in [0.25, 0.3) is 0 Å².